The summed E-state index contributed by atoms with van der Waals surface area (Å²) in [4.78, 5) is 0. The second-order valence-corrected chi connectivity index (χ2v) is 3.93. The number of rotatable bonds is 2. The molecule has 0 amide bonds. The average Bonchev–Trinajstić information content (AvgIpc) is 2.04. The van der Waals surface area contributed by atoms with Gasteiger partial charge in [-0.05, 0) is 0 Å². The summed E-state index contributed by atoms with van der Waals surface area (Å²) in [5.74, 6) is 0.378. The fourth-order valence-electron chi connectivity index (χ4n) is 2.02. The summed E-state index contributed by atoms with van der Waals surface area (Å²) in [5, 5.41) is 12.1. The van der Waals surface area contributed by atoms with Crippen LogP contribution in [0.1, 0.15) is 52.4 Å². The summed E-state index contributed by atoms with van der Waals surface area (Å²) in [6.45, 7) is 4.23. The van der Waals surface area contributed by atoms with Crippen LogP contribution in [0, 0.1) is 5.92 Å². The van der Waals surface area contributed by atoms with Crippen molar-refractivity contribution in [3.8, 4) is 0 Å². The first-order valence-corrected chi connectivity index (χ1v) is 4.89. The van der Waals surface area contributed by atoms with Crippen LogP contribution in [0.25, 0.3) is 0 Å². The maximum absolute atomic E-state index is 12.1. The summed E-state index contributed by atoms with van der Waals surface area (Å²) < 4.78 is 0. The molecule has 1 aliphatic carbocycles. The molecule has 0 aromatic heterocycles. The second-order valence-electron chi connectivity index (χ2n) is 3.93. The van der Waals surface area contributed by atoms with Crippen LogP contribution >= 0.6 is 0 Å². The maximum atomic E-state index is 12.1. The van der Waals surface area contributed by atoms with Crippen molar-refractivity contribution in [2.75, 3.05) is 0 Å². The van der Waals surface area contributed by atoms with Crippen molar-refractivity contribution in [2.45, 2.75) is 58.0 Å². The van der Waals surface area contributed by atoms with Gasteiger partial charge in [-0.3, -0.25) is 0 Å². The van der Waals surface area contributed by atoms with E-state index in [1.807, 2.05) is 0 Å². The standard InChI is InChI=1S/C10H19O.FH.Mg/c1-3-9(2)10(11)7-5-4-6-8-10;;/h9H,3-8H2,1-2H3;1H;/q-1;;+2/p-1. The van der Waals surface area contributed by atoms with Crippen molar-refractivity contribution in [3.05, 3.63) is 0 Å². The molecule has 0 heterocycles. The van der Waals surface area contributed by atoms with Crippen molar-refractivity contribution >= 4 is 23.1 Å². The summed E-state index contributed by atoms with van der Waals surface area (Å²) in [6, 6.07) is 0. The topological polar surface area (TPSA) is 23.1 Å². The van der Waals surface area contributed by atoms with E-state index in [1.165, 1.54) is 6.42 Å². The SMILES string of the molecule is CCC(C)C1([O-])CCCCC1.[F-].[Mg+2]. The molecule has 1 aliphatic rings. The summed E-state index contributed by atoms with van der Waals surface area (Å²) in [7, 11) is 0. The Morgan fingerprint density at radius 2 is 1.69 bits per heavy atom. The van der Waals surface area contributed by atoms with Crippen LogP contribution in [0.5, 0.6) is 0 Å². The second kappa shape index (κ2) is 7.02. The Bertz CT molecular complexity index is 124. The van der Waals surface area contributed by atoms with Gasteiger partial charge in [-0.15, -0.1) is 5.60 Å². The van der Waals surface area contributed by atoms with Crippen molar-refractivity contribution < 1.29 is 9.81 Å². The van der Waals surface area contributed by atoms with Crippen LogP contribution in [0.2, 0.25) is 0 Å². The van der Waals surface area contributed by atoms with E-state index in [2.05, 4.69) is 13.8 Å². The van der Waals surface area contributed by atoms with Crippen molar-refractivity contribution in [1.82, 2.24) is 0 Å². The van der Waals surface area contributed by atoms with Crippen LogP contribution in [0.3, 0.4) is 0 Å². The Morgan fingerprint density at radius 1 is 1.23 bits per heavy atom. The molecule has 0 aromatic rings. The maximum Gasteiger partial charge on any atom is 2.00 e. The molecule has 0 aromatic carbocycles. The molecular weight excluding hydrogens is 179 g/mol. The Morgan fingerprint density at radius 3 is 2.08 bits per heavy atom. The smallest absolute Gasteiger partial charge is 1.00 e. The predicted molar refractivity (Wildman–Crippen MR) is 51.0 cm³/mol. The van der Waals surface area contributed by atoms with Gasteiger partial charge in [0.15, 0.2) is 0 Å². The van der Waals surface area contributed by atoms with Gasteiger partial charge in [0.2, 0.25) is 0 Å². The summed E-state index contributed by atoms with van der Waals surface area (Å²) >= 11 is 0. The predicted octanol–water partition coefficient (Wildman–Crippen LogP) is -1.28. The minimum absolute atomic E-state index is 0. The molecule has 3 heteroatoms. The van der Waals surface area contributed by atoms with Crippen LogP contribution in [-0.4, -0.2) is 28.7 Å². The number of halogens is 1. The minimum Gasteiger partial charge on any atom is -1.00 e. The quantitative estimate of drug-likeness (QED) is 0.507. The van der Waals surface area contributed by atoms with Gasteiger partial charge in [-0.2, -0.15) is 0 Å². The van der Waals surface area contributed by atoms with Gasteiger partial charge in [-0.1, -0.05) is 58.3 Å². The third-order valence-corrected chi connectivity index (χ3v) is 3.21. The van der Waals surface area contributed by atoms with Gasteiger partial charge in [0, 0.05) is 0 Å². The number of hydrogen-bond donors (Lipinski definition) is 0. The van der Waals surface area contributed by atoms with Crippen molar-refractivity contribution in [3.63, 3.8) is 0 Å². The Kier molecular flexibility index (Phi) is 8.69. The van der Waals surface area contributed by atoms with E-state index in [-0.39, 0.29) is 27.8 Å². The Balaban J connectivity index is 0. The van der Waals surface area contributed by atoms with E-state index < -0.39 is 5.60 Å². The van der Waals surface area contributed by atoms with Gasteiger partial charge in [0.1, 0.15) is 0 Å². The van der Waals surface area contributed by atoms with Gasteiger partial charge in [0.05, 0.1) is 0 Å². The third kappa shape index (κ3) is 4.13. The molecule has 0 bridgehead atoms. The van der Waals surface area contributed by atoms with E-state index in [9.17, 15) is 5.11 Å². The van der Waals surface area contributed by atoms with Gasteiger partial charge >= 0.3 is 23.1 Å². The fraction of sp³-hybridized carbons (Fsp3) is 1.00. The Hall–Kier alpha value is 0.656. The zero-order valence-electron chi connectivity index (χ0n) is 8.81. The van der Waals surface area contributed by atoms with E-state index in [4.69, 9.17) is 0 Å². The van der Waals surface area contributed by atoms with Crippen LogP contribution in [-0.2, 0) is 0 Å². The first-order chi connectivity index (χ1) is 5.19. The molecule has 74 valence electrons. The van der Waals surface area contributed by atoms with Crippen LogP contribution in [0.15, 0.2) is 0 Å². The summed E-state index contributed by atoms with van der Waals surface area (Å²) in [5.41, 5.74) is -0.562. The zero-order valence-corrected chi connectivity index (χ0v) is 10.2. The molecule has 1 rings (SSSR count). The molecule has 1 nitrogen and oxygen atoms in total. The van der Waals surface area contributed by atoms with Gasteiger partial charge in [-0.25, -0.2) is 0 Å². The van der Waals surface area contributed by atoms with Crippen molar-refractivity contribution in [2.24, 2.45) is 5.92 Å². The monoisotopic (exact) mass is 198 g/mol. The first kappa shape index (κ1) is 16.1. The minimum atomic E-state index is -0.562. The molecule has 1 fully saturated rings. The molecule has 13 heavy (non-hydrogen) atoms. The molecule has 1 unspecified atom stereocenters. The van der Waals surface area contributed by atoms with Gasteiger partial charge < -0.3 is 9.81 Å². The Labute approximate surface area is 96.8 Å². The molecule has 0 N–H and O–H groups in total. The third-order valence-electron chi connectivity index (χ3n) is 3.21. The van der Waals surface area contributed by atoms with E-state index in [0.29, 0.717) is 5.92 Å². The average molecular weight is 199 g/mol. The number of hydrogen-bond acceptors (Lipinski definition) is 1. The zero-order chi connectivity index (χ0) is 8.32. The largest absolute Gasteiger partial charge is 2.00 e. The molecule has 0 spiro atoms. The summed E-state index contributed by atoms with van der Waals surface area (Å²) in [6.07, 6.45) is 6.48. The molecule has 0 radical (unpaired) electrons. The normalized spacial score (nSPS) is 22.4. The van der Waals surface area contributed by atoms with Gasteiger partial charge in [0.25, 0.3) is 0 Å². The van der Waals surface area contributed by atoms with E-state index >= 15 is 0 Å². The first-order valence-electron chi connectivity index (χ1n) is 4.89. The van der Waals surface area contributed by atoms with E-state index in [0.717, 1.165) is 32.1 Å². The van der Waals surface area contributed by atoms with Crippen LogP contribution < -0.4 is 9.81 Å². The fourth-order valence-corrected chi connectivity index (χ4v) is 2.02. The molecule has 0 aliphatic heterocycles. The van der Waals surface area contributed by atoms with Crippen LogP contribution in [0.4, 0.5) is 0 Å². The molecule has 0 saturated heterocycles. The molecule has 1 atom stereocenters. The molecule has 1 saturated carbocycles. The van der Waals surface area contributed by atoms with Crippen molar-refractivity contribution in [1.29, 1.82) is 0 Å². The molecular formula is C10H19FMgO. The van der Waals surface area contributed by atoms with E-state index in [1.54, 1.807) is 0 Å².